The minimum Gasteiger partial charge on any atom is -0.395 e. The number of aliphatic imine (C=N–C) groups is 1. The Morgan fingerprint density at radius 1 is 0.929 bits per heavy atom. The van der Waals surface area contributed by atoms with Crippen molar-refractivity contribution in [2.75, 3.05) is 17.8 Å². The van der Waals surface area contributed by atoms with Crippen LogP contribution < -0.4 is 4.67 Å². The first-order valence-electron chi connectivity index (χ1n) is 8.97. The summed E-state index contributed by atoms with van der Waals surface area (Å²) in [5, 5.41) is 0. The van der Waals surface area contributed by atoms with Gasteiger partial charge in [-0.3, -0.25) is 9.66 Å². The van der Waals surface area contributed by atoms with Gasteiger partial charge < -0.3 is 9.05 Å². The van der Waals surface area contributed by atoms with E-state index in [9.17, 15) is 4.79 Å². The van der Waals surface area contributed by atoms with Crippen LogP contribution in [0.25, 0.3) is 0 Å². The predicted octanol–water partition coefficient (Wildman–Crippen LogP) is 5.36. The van der Waals surface area contributed by atoms with Gasteiger partial charge in [-0.2, -0.15) is 0 Å². The van der Waals surface area contributed by atoms with Crippen LogP contribution in [0, 0.1) is 0 Å². The standard InChI is InChI=1S/C22H19N2O3P/c25-22-20-13-7-8-14-21(20)24(19-11-5-2-6-12-19)28(27-22)26-16-15-23-17-18-9-3-1-4-10-18/h1-14,17H,15-16H2. The molecule has 0 spiro atoms. The largest absolute Gasteiger partial charge is 0.395 e. The Morgan fingerprint density at radius 3 is 2.39 bits per heavy atom. The van der Waals surface area contributed by atoms with Crippen molar-refractivity contribution in [3.8, 4) is 0 Å². The van der Waals surface area contributed by atoms with Crippen LogP contribution >= 0.6 is 8.53 Å². The lowest BCUT2D eigenvalue weighted by Crippen LogP contribution is -2.24. The third-order valence-corrected chi connectivity index (χ3v) is 5.64. The van der Waals surface area contributed by atoms with Crippen molar-refractivity contribution in [2.45, 2.75) is 0 Å². The second kappa shape index (κ2) is 8.79. The first kappa shape index (κ1) is 18.4. The number of para-hydroxylation sites is 2. The molecule has 0 aromatic heterocycles. The van der Waals surface area contributed by atoms with E-state index < -0.39 is 8.53 Å². The van der Waals surface area contributed by atoms with Crippen LogP contribution in [0.1, 0.15) is 15.9 Å². The summed E-state index contributed by atoms with van der Waals surface area (Å²) in [5.41, 5.74) is 3.29. The summed E-state index contributed by atoms with van der Waals surface area (Å²) in [6.07, 6.45) is 1.81. The SMILES string of the molecule is O=C1OP(OCCN=Cc2ccccc2)N(c2ccccc2)c2ccccc21. The number of benzene rings is 3. The summed E-state index contributed by atoms with van der Waals surface area (Å²) in [5.74, 6) is -0.360. The quantitative estimate of drug-likeness (QED) is 0.323. The van der Waals surface area contributed by atoms with Crippen LogP contribution in [-0.2, 0) is 9.05 Å². The number of hydrogen-bond acceptors (Lipinski definition) is 5. The summed E-state index contributed by atoms with van der Waals surface area (Å²) >= 11 is 0. The van der Waals surface area contributed by atoms with Crippen LogP contribution in [0.3, 0.4) is 0 Å². The zero-order valence-corrected chi connectivity index (χ0v) is 16.0. The zero-order valence-electron chi connectivity index (χ0n) is 15.1. The van der Waals surface area contributed by atoms with Gasteiger partial charge in [-0.25, -0.2) is 4.79 Å². The van der Waals surface area contributed by atoms with Gasteiger partial charge in [0.25, 0.3) is 0 Å². The molecule has 1 unspecified atom stereocenters. The number of hydrogen-bond donors (Lipinski definition) is 0. The molecule has 1 aliphatic rings. The smallest absolute Gasteiger partial charge is 0.360 e. The van der Waals surface area contributed by atoms with Crippen molar-refractivity contribution in [1.29, 1.82) is 0 Å². The lowest BCUT2D eigenvalue weighted by atomic mass is 10.1. The predicted molar refractivity (Wildman–Crippen MR) is 112 cm³/mol. The van der Waals surface area contributed by atoms with Gasteiger partial charge >= 0.3 is 14.5 Å². The molecule has 28 heavy (non-hydrogen) atoms. The Hall–Kier alpha value is -3.01. The summed E-state index contributed by atoms with van der Waals surface area (Å²) in [6.45, 7) is 0.837. The Kier molecular flexibility index (Phi) is 5.76. The molecule has 0 saturated heterocycles. The lowest BCUT2D eigenvalue weighted by molar-refractivity contribution is 0.0721. The Labute approximate surface area is 165 Å². The maximum Gasteiger partial charge on any atom is 0.360 e. The van der Waals surface area contributed by atoms with Gasteiger partial charge in [-0.1, -0.05) is 60.7 Å². The molecule has 1 aliphatic heterocycles. The summed E-state index contributed by atoms with van der Waals surface area (Å²) < 4.78 is 13.5. The Balaban J connectivity index is 1.49. The first-order chi connectivity index (χ1) is 13.8. The number of nitrogens with zero attached hydrogens (tertiary/aromatic N) is 2. The van der Waals surface area contributed by atoms with Gasteiger partial charge in [0, 0.05) is 6.21 Å². The van der Waals surface area contributed by atoms with E-state index in [-0.39, 0.29) is 5.97 Å². The van der Waals surface area contributed by atoms with Crippen LogP contribution in [0.4, 0.5) is 11.4 Å². The molecule has 6 heteroatoms. The van der Waals surface area contributed by atoms with Gasteiger partial charge in [0.1, 0.15) is 0 Å². The molecule has 4 rings (SSSR count). The molecular formula is C22H19N2O3P. The fourth-order valence-corrected chi connectivity index (χ4v) is 4.25. The second-order valence-electron chi connectivity index (χ2n) is 6.06. The molecule has 1 heterocycles. The first-order valence-corrected chi connectivity index (χ1v) is 10.1. The van der Waals surface area contributed by atoms with Crippen molar-refractivity contribution < 1.29 is 13.8 Å². The van der Waals surface area contributed by atoms with E-state index in [0.29, 0.717) is 18.7 Å². The summed E-state index contributed by atoms with van der Waals surface area (Å²) in [7, 11) is -1.60. The third kappa shape index (κ3) is 4.11. The van der Waals surface area contributed by atoms with E-state index in [2.05, 4.69) is 4.99 Å². The minimum absolute atomic E-state index is 0.355. The number of fused-ring (bicyclic) bond motifs is 1. The highest BCUT2D eigenvalue weighted by Crippen LogP contribution is 2.55. The highest BCUT2D eigenvalue weighted by atomic mass is 31.2. The van der Waals surface area contributed by atoms with Crippen LogP contribution in [-0.4, -0.2) is 25.3 Å². The van der Waals surface area contributed by atoms with Gasteiger partial charge in [-0.15, -0.1) is 0 Å². The van der Waals surface area contributed by atoms with Crippen LogP contribution in [0.15, 0.2) is 89.9 Å². The summed E-state index contributed by atoms with van der Waals surface area (Å²) in [6, 6.07) is 27.1. The average molecular weight is 390 g/mol. The number of carbonyl (C=O) groups excluding carboxylic acids is 1. The van der Waals surface area contributed by atoms with E-state index >= 15 is 0 Å². The fraction of sp³-hybridized carbons (Fsp3) is 0.0909. The molecule has 0 saturated carbocycles. The normalized spacial score (nSPS) is 16.1. The molecule has 0 aliphatic carbocycles. The highest BCUT2D eigenvalue weighted by Gasteiger charge is 2.36. The molecule has 0 amide bonds. The van der Waals surface area contributed by atoms with Crippen molar-refractivity contribution >= 4 is 32.1 Å². The lowest BCUT2D eigenvalue weighted by Gasteiger charge is -2.35. The number of rotatable bonds is 6. The molecule has 3 aromatic carbocycles. The summed E-state index contributed by atoms with van der Waals surface area (Å²) in [4.78, 5) is 16.8. The maximum absolute atomic E-state index is 12.4. The molecule has 140 valence electrons. The van der Waals surface area contributed by atoms with E-state index in [4.69, 9.17) is 9.05 Å². The van der Waals surface area contributed by atoms with Gasteiger partial charge in [-0.05, 0) is 29.8 Å². The minimum atomic E-state index is -1.60. The van der Waals surface area contributed by atoms with Crippen molar-refractivity contribution in [3.63, 3.8) is 0 Å². The van der Waals surface area contributed by atoms with Crippen molar-refractivity contribution in [3.05, 3.63) is 96.1 Å². The van der Waals surface area contributed by atoms with Gasteiger partial charge in [0.05, 0.1) is 30.1 Å². The van der Waals surface area contributed by atoms with Crippen LogP contribution in [0.2, 0.25) is 0 Å². The molecule has 0 N–H and O–H groups in total. The van der Waals surface area contributed by atoms with Gasteiger partial charge in [0.15, 0.2) is 0 Å². The van der Waals surface area contributed by atoms with Crippen molar-refractivity contribution in [1.82, 2.24) is 0 Å². The Morgan fingerprint density at radius 2 is 1.61 bits per heavy atom. The second-order valence-corrected chi connectivity index (χ2v) is 7.38. The van der Waals surface area contributed by atoms with Crippen LogP contribution in [0.5, 0.6) is 0 Å². The zero-order chi connectivity index (χ0) is 19.2. The monoisotopic (exact) mass is 390 g/mol. The molecule has 3 aromatic rings. The molecule has 0 radical (unpaired) electrons. The van der Waals surface area contributed by atoms with E-state index in [1.54, 1.807) is 6.07 Å². The average Bonchev–Trinajstić information content (AvgIpc) is 2.75. The van der Waals surface area contributed by atoms with Crippen molar-refractivity contribution in [2.24, 2.45) is 4.99 Å². The number of anilines is 2. The van der Waals surface area contributed by atoms with E-state index in [0.717, 1.165) is 16.9 Å². The molecule has 0 bridgehead atoms. The molecular weight excluding hydrogens is 371 g/mol. The third-order valence-electron chi connectivity index (χ3n) is 4.14. The maximum atomic E-state index is 12.4. The Bertz CT molecular complexity index is 964. The topological polar surface area (TPSA) is 51.1 Å². The van der Waals surface area contributed by atoms with E-state index in [1.807, 2.05) is 89.7 Å². The van der Waals surface area contributed by atoms with Gasteiger partial charge in [0.2, 0.25) is 0 Å². The molecule has 5 nitrogen and oxygen atoms in total. The number of carbonyl (C=O) groups is 1. The molecule has 0 fully saturated rings. The fourth-order valence-electron chi connectivity index (χ4n) is 2.85. The molecule has 1 atom stereocenters. The van der Waals surface area contributed by atoms with E-state index in [1.165, 1.54) is 0 Å². The highest BCUT2D eigenvalue weighted by molar-refractivity contribution is 7.50.